The Morgan fingerprint density at radius 1 is 1.31 bits per heavy atom. The van der Waals surface area contributed by atoms with Gasteiger partial charge in [-0.3, -0.25) is 19.6 Å². The number of pyridine rings is 1. The third-order valence-corrected chi connectivity index (χ3v) is 5.32. The van der Waals surface area contributed by atoms with Gasteiger partial charge in [0.25, 0.3) is 5.91 Å². The molecule has 0 spiro atoms. The van der Waals surface area contributed by atoms with Crippen LogP contribution in [0.25, 0.3) is 5.65 Å². The van der Waals surface area contributed by atoms with Crippen molar-refractivity contribution in [2.24, 2.45) is 4.99 Å². The number of anilines is 1. The van der Waals surface area contributed by atoms with Gasteiger partial charge in [0.05, 0.1) is 36.6 Å². The second-order valence-electron chi connectivity index (χ2n) is 7.08. The van der Waals surface area contributed by atoms with Gasteiger partial charge < -0.3 is 10.1 Å². The smallest absolute Gasteiger partial charge is 0.303 e. The number of ether oxygens (including phenoxy) is 1. The molecule has 1 aliphatic rings. The van der Waals surface area contributed by atoms with Gasteiger partial charge in [0.15, 0.2) is 0 Å². The molecule has 0 saturated carbocycles. The second kappa shape index (κ2) is 8.99. The number of halogens is 3. The SMILES string of the molecule is CCc1nc2cc(F)c(Cl)cn2c1C(=O)NCc1ccc(N2CCN=C(OC)N2)c(F)c1. The fourth-order valence-electron chi connectivity index (χ4n) is 3.47. The van der Waals surface area contributed by atoms with Gasteiger partial charge in [0.1, 0.15) is 23.0 Å². The van der Waals surface area contributed by atoms with Gasteiger partial charge in [-0.05, 0) is 24.1 Å². The zero-order valence-electron chi connectivity index (χ0n) is 17.5. The summed E-state index contributed by atoms with van der Waals surface area (Å²) in [7, 11) is 1.48. The van der Waals surface area contributed by atoms with Crippen LogP contribution in [0.4, 0.5) is 14.5 Å². The molecule has 2 aromatic heterocycles. The molecule has 3 heterocycles. The van der Waals surface area contributed by atoms with Gasteiger partial charge in [-0.2, -0.15) is 0 Å². The summed E-state index contributed by atoms with van der Waals surface area (Å²) >= 11 is 5.88. The van der Waals surface area contributed by atoms with E-state index in [0.717, 1.165) is 0 Å². The standard InChI is InChI=1S/C21H21ClF2N6O2/c1-3-16-19(29-11-13(22)14(23)9-18(29)27-16)20(31)26-10-12-4-5-17(15(24)8-12)30-7-6-25-21(28-30)32-2/h4-5,8-9,11H,3,6-7,10H2,1-2H3,(H,25,28)(H,26,31). The summed E-state index contributed by atoms with van der Waals surface area (Å²) in [5.74, 6) is -1.48. The van der Waals surface area contributed by atoms with Gasteiger partial charge in [-0.1, -0.05) is 24.6 Å². The van der Waals surface area contributed by atoms with Crippen molar-refractivity contribution in [2.45, 2.75) is 19.9 Å². The topological polar surface area (TPSA) is 83.3 Å². The number of nitrogens with zero attached hydrogens (tertiary/aromatic N) is 4. The van der Waals surface area contributed by atoms with E-state index in [1.807, 2.05) is 6.92 Å². The molecule has 32 heavy (non-hydrogen) atoms. The minimum atomic E-state index is -0.610. The summed E-state index contributed by atoms with van der Waals surface area (Å²) in [6.07, 6.45) is 1.80. The molecule has 168 valence electrons. The van der Waals surface area contributed by atoms with Crippen LogP contribution in [-0.4, -0.2) is 41.5 Å². The highest BCUT2D eigenvalue weighted by Crippen LogP contribution is 2.22. The maximum absolute atomic E-state index is 14.7. The predicted octanol–water partition coefficient (Wildman–Crippen LogP) is 3.09. The number of hydrazine groups is 1. The molecule has 0 fully saturated rings. The van der Waals surface area contributed by atoms with E-state index >= 15 is 0 Å². The number of aryl methyl sites for hydroxylation is 1. The first-order valence-corrected chi connectivity index (χ1v) is 10.3. The van der Waals surface area contributed by atoms with Crippen molar-refractivity contribution in [1.29, 1.82) is 0 Å². The van der Waals surface area contributed by atoms with Crippen molar-refractivity contribution < 1.29 is 18.3 Å². The monoisotopic (exact) mass is 462 g/mol. The number of carbonyl (C=O) groups is 1. The van der Waals surface area contributed by atoms with E-state index in [1.54, 1.807) is 17.1 Å². The number of imidazole rings is 1. The van der Waals surface area contributed by atoms with Crippen LogP contribution in [-0.2, 0) is 17.7 Å². The van der Waals surface area contributed by atoms with Crippen molar-refractivity contribution >= 4 is 34.9 Å². The number of aliphatic imine (C=N–C) groups is 1. The maximum atomic E-state index is 14.7. The number of carbonyl (C=O) groups excluding carboxylic acids is 1. The maximum Gasteiger partial charge on any atom is 0.303 e. The largest absolute Gasteiger partial charge is 0.467 e. The molecular formula is C21H21ClF2N6O2. The van der Waals surface area contributed by atoms with E-state index in [4.69, 9.17) is 16.3 Å². The number of hydrogen-bond acceptors (Lipinski definition) is 6. The van der Waals surface area contributed by atoms with E-state index in [-0.39, 0.29) is 22.9 Å². The molecule has 1 aromatic carbocycles. The minimum absolute atomic E-state index is 0.0968. The van der Waals surface area contributed by atoms with E-state index < -0.39 is 17.5 Å². The number of benzene rings is 1. The van der Waals surface area contributed by atoms with Crippen LogP contribution in [0.3, 0.4) is 0 Å². The Labute approximate surface area is 187 Å². The molecule has 0 bridgehead atoms. The van der Waals surface area contributed by atoms with Crippen LogP contribution in [0.1, 0.15) is 28.7 Å². The van der Waals surface area contributed by atoms with Gasteiger partial charge in [-0.15, -0.1) is 0 Å². The molecule has 1 aliphatic heterocycles. The first-order chi connectivity index (χ1) is 15.4. The van der Waals surface area contributed by atoms with Gasteiger partial charge in [0.2, 0.25) is 0 Å². The first kappa shape index (κ1) is 21.8. The lowest BCUT2D eigenvalue weighted by Gasteiger charge is -2.29. The summed E-state index contributed by atoms with van der Waals surface area (Å²) in [4.78, 5) is 21.3. The van der Waals surface area contributed by atoms with Crippen LogP contribution in [0, 0.1) is 11.6 Å². The summed E-state index contributed by atoms with van der Waals surface area (Å²) in [5, 5.41) is 4.27. The number of amidine groups is 1. The molecular weight excluding hydrogens is 442 g/mol. The molecule has 0 unspecified atom stereocenters. The quantitative estimate of drug-likeness (QED) is 0.609. The molecule has 11 heteroatoms. The second-order valence-corrected chi connectivity index (χ2v) is 7.49. The van der Waals surface area contributed by atoms with Gasteiger partial charge in [-0.25, -0.2) is 18.8 Å². The molecule has 0 radical (unpaired) electrons. The Bertz CT molecular complexity index is 1210. The molecule has 0 atom stereocenters. The molecule has 3 aromatic rings. The van der Waals surface area contributed by atoms with Crippen LogP contribution >= 0.6 is 11.6 Å². The number of hydrogen-bond donors (Lipinski definition) is 2. The zero-order valence-corrected chi connectivity index (χ0v) is 18.2. The van der Waals surface area contributed by atoms with Gasteiger partial charge in [0, 0.05) is 18.8 Å². The molecule has 8 nitrogen and oxygen atoms in total. The Balaban J connectivity index is 1.51. The van der Waals surface area contributed by atoms with Crippen molar-refractivity contribution in [2.75, 3.05) is 25.2 Å². The Hall–Kier alpha value is -3.40. The number of rotatable bonds is 5. The third kappa shape index (κ3) is 4.18. The number of fused-ring (bicyclic) bond motifs is 1. The van der Waals surface area contributed by atoms with Crippen LogP contribution < -0.4 is 15.8 Å². The average Bonchev–Trinajstić information content (AvgIpc) is 3.15. The molecule has 2 N–H and O–H groups in total. The van der Waals surface area contributed by atoms with Gasteiger partial charge >= 0.3 is 6.02 Å². The molecule has 0 saturated heterocycles. The fraction of sp³-hybridized carbons (Fsp3) is 0.286. The normalized spacial score (nSPS) is 13.7. The fourth-order valence-corrected chi connectivity index (χ4v) is 3.62. The van der Waals surface area contributed by atoms with Crippen molar-refractivity contribution in [3.63, 3.8) is 0 Å². The van der Waals surface area contributed by atoms with E-state index in [1.165, 1.54) is 29.8 Å². The first-order valence-electron chi connectivity index (χ1n) is 9.96. The van der Waals surface area contributed by atoms with Crippen LogP contribution in [0.2, 0.25) is 5.02 Å². The van der Waals surface area contributed by atoms with Crippen LogP contribution in [0.15, 0.2) is 35.5 Å². The highest BCUT2D eigenvalue weighted by atomic mass is 35.5. The molecule has 0 aliphatic carbocycles. The van der Waals surface area contributed by atoms with Crippen molar-refractivity contribution in [1.82, 2.24) is 20.1 Å². The number of aromatic nitrogens is 2. The predicted molar refractivity (Wildman–Crippen MR) is 117 cm³/mol. The highest BCUT2D eigenvalue weighted by molar-refractivity contribution is 6.30. The lowest BCUT2D eigenvalue weighted by molar-refractivity contribution is 0.0944. The summed E-state index contributed by atoms with van der Waals surface area (Å²) in [6.45, 7) is 2.90. The Morgan fingerprint density at radius 2 is 2.12 bits per heavy atom. The number of amides is 1. The van der Waals surface area contributed by atoms with Crippen molar-refractivity contribution in [3.8, 4) is 0 Å². The lowest BCUT2D eigenvalue weighted by Crippen LogP contribution is -2.48. The molecule has 4 rings (SSSR count). The molecule has 1 amide bonds. The lowest BCUT2D eigenvalue weighted by atomic mass is 10.1. The summed E-state index contributed by atoms with van der Waals surface area (Å²) in [6, 6.07) is 6.20. The van der Waals surface area contributed by atoms with Crippen molar-refractivity contribution in [3.05, 3.63) is 64.1 Å². The zero-order chi connectivity index (χ0) is 22.8. The summed E-state index contributed by atoms with van der Waals surface area (Å²) < 4.78 is 35.0. The third-order valence-electron chi connectivity index (χ3n) is 5.05. The highest BCUT2D eigenvalue weighted by Gasteiger charge is 2.21. The van der Waals surface area contributed by atoms with E-state index in [0.29, 0.717) is 42.5 Å². The van der Waals surface area contributed by atoms with E-state index in [9.17, 15) is 13.6 Å². The number of methoxy groups -OCH3 is 1. The summed E-state index contributed by atoms with van der Waals surface area (Å²) in [5.41, 5.74) is 4.88. The number of nitrogens with one attached hydrogen (secondary N) is 2. The minimum Gasteiger partial charge on any atom is -0.467 e. The Morgan fingerprint density at radius 3 is 2.84 bits per heavy atom. The van der Waals surface area contributed by atoms with E-state index in [2.05, 4.69) is 20.7 Å². The average molecular weight is 463 g/mol. The van der Waals surface area contributed by atoms with Crippen LogP contribution in [0.5, 0.6) is 0 Å². The Kier molecular flexibility index (Phi) is 6.13.